The minimum Gasteiger partial charge on any atom is -0.206 e. The van der Waals surface area contributed by atoms with Gasteiger partial charge in [-0.15, -0.1) is 0 Å². The van der Waals surface area contributed by atoms with Gasteiger partial charge < -0.3 is 0 Å². The van der Waals surface area contributed by atoms with Gasteiger partial charge in [0.25, 0.3) is 0 Å². The van der Waals surface area contributed by atoms with Crippen LogP contribution in [0.15, 0.2) is 30.3 Å². The van der Waals surface area contributed by atoms with Crippen LogP contribution >= 0.6 is 0 Å². The Morgan fingerprint density at radius 3 is 2.13 bits per heavy atom. The second-order valence-corrected chi connectivity index (χ2v) is 9.03. The van der Waals surface area contributed by atoms with Crippen LogP contribution in [0.1, 0.15) is 70.8 Å². The lowest BCUT2D eigenvalue weighted by molar-refractivity contribution is 0.191. The van der Waals surface area contributed by atoms with Gasteiger partial charge in [0, 0.05) is 5.56 Å². The van der Waals surface area contributed by atoms with E-state index in [0.717, 1.165) is 54.7 Å². The van der Waals surface area contributed by atoms with E-state index in [1.54, 1.807) is 6.07 Å². The van der Waals surface area contributed by atoms with E-state index in [4.69, 9.17) is 0 Å². The Bertz CT molecular complexity index is 814. The monoisotopic (exact) mass is 420 g/mol. The average Bonchev–Trinajstić information content (AvgIpc) is 2.72. The first-order chi connectivity index (χ1) is 14.4. The van der Waals surface area contributed by atoms with Crippen molar-refractivity contribution in [3.8, 4) is 11.1 Å². The molecule has 1 unspecified atom stereocenters. The third-order valence-corrected chi connectivity index (χ3v) is 6.76. The fourth-order valence-electron chi connectivity index (χ4n) is 4.97. The minimum absolute atomic E-state index is 0.00462. The van der Waals surface area contributed by atoms with Gasteiger partial charge in [0.15, 0.2) is 17.5 Å². The Balaban J connectivity index is 1.61. The fraction of sp³-hybridized carbons (Fsp3) is 0.538. The van der Waals surface area contributed by atoms with Crippen LogP contribution in [0.4, 0.5) is 17.6 Å². The smallest absolute Gasteiger partial charge is 0.194 e. The molecule has 3 rings (SSSR count). The van der Waals surface area contributed by atoms with Crippen LogP contribution in [-0.4, -0.2) is 0 Å². The molecular weight excluding hydrogens is 388 g/mol. The minimum atomic E-state index is -1.54. The molecule has 0 bridgehead atoms. The molecule has 164 valence electrons. The largest absolute Gasteiger partial charge is 0.206 e. The topological polar surface area (TPSA) is 0 Å². The first kappa shape index (κ1) is 22.8. The molecule has 1 aliphatic carbocycles. The van der Waals surface area contributed by atoms with Gasteiger partial charge in [0.2, 0.25) is 0 Å². The van der Waals surface area contributed by atoms with Gasteiger partial charge in [-0.3, -0.25) is 0 Å². The third-order valence-electron chi connectivity index (χ3n) is 6.76. The number of halogens is 4. The van der Waals surface area contributed by atoms with Crippen LogP contribution < -0.4 is 0 Å². The highest BCUT2D eigenvalue weighted by molar-refractivity contribution is 5.64. The molecule has 2 aromatic carbocycles. The van der Waals surface area contributed by atoms with E-state index in [2.05, 4.69) is 13.8 Å². The van der Waals surface area contributed by atoms with Gasteiger partial charge in [0.1, 0.15) is 5.82 Å². The predicted molar refractivity (Wildman–Crippen MR) is 114 cm³/mol. The van der Waals surface area contributed by atoms with Gasteiger partial charge in [-0.2, -0.15) is 0 Å². The summed E-state index contributed by atoms with van der Waals surface area (Å²) >= 11 is 0. The summed E-state index contributed by atoms with van der Waals surface area (Å²) in [5.41, 5.74) is 0.966. The van der Waals surface area contributed by atoms with Crippen LogP contribution in [-0.2, 0) is 6.42 Å². The first-order valence-corrected chi connectivity index (χ1v) is 11.3. The van der Waals surface area contributed by atoms with Crippen molar-refractivity contribution < 1.29 is 17.6 Å². The van der Waals surface area contributed by atoms with E-state index in [1.807, 2.05) is 0 Å². The summed E-state index contributed by atoms with van der Waals surface area (Å²) < 4.78 is 54.7. The van der Waals surface area contributed by atoms with Crippen LogP contribution in [0.5, 0.6) is 0 Å². The zero-order valence-electron chi connectivity index (χ0n) is 18.0. The van der Waals surface area contributed by atoms with Crippen molar-refractivity contribution >= 4 is 0 Å². The molecule has 0 heterocycles. The molecule has 0 amide bonds. The molecule has 0 aromatic heterocycles. The molecule has 2 aromatic rings. The number of rotatable bonds is 8. The Morgan fingerprint density at radius 2 is 1.53 bits per heavy atom. The van der Waals surface area contributed by atoms with Crippen molar-refractivity contribution in [2.24, 2.45) is 17.8 Å². The van der Waals surface area contributed by atoms with Crippen molar-refractivity contribution in [2.75, 3.05) is 0 Å². The van der Waals surface area contributed by atoms with E-state index in [-0.39, 0.29) is 11.1 Å². The Labute approximate surface area is 177 Å². The quantitative estimate of drug-likeness (QED) is 0.297. The van der Waals surface area contributed by atoms with Gasteiger partial charge in [-0.05, 0) is 79.2 Å². The molecule has 1 saturated carbocycles. The van der Waals surface area contributed by atoms with Crippen molar-refractivity contribution in [1.29, 1.82) is 0 Å². The van der Waals surface area contributed by atoms with Gasteiger partial charge >= 0.3 is 0 Å². The molecule has 0 spiro atoms. The van der Waals surface area contributed by atoms with Crippen molar-refractivity contribution in [2.45, 2.75) is 71.6 Å². The molecule has 4 heteroatoms. The van der Waals surface area contributed by atoms with Gasteiger partial charge in [0.05, 0.1) is 0 Å². The summed E-state index contributed by atoms with van der Waals surface area (Å²) in [4.78, 5) is 0. The van der Waals surface area contributed by atoms with Crippen molar-refractivity contribution in [3.63, 3.8) is 0 Å². The van der Waals surface area contributed by atoms with Crippen LogP contribution in [0.2, 0.25) is 0 Å². The summed E-state index contributed by atoms with van der Waals surface area (Å²) in [6.45, 7) is 4.59. The van der Waals surface area contributed by atoms with Gasteiger partial charge in [-0.1, -0.05) is 51.7 Å². The van der Waals surface area contributed by atoms with Gasteiger partial charge in [-0.25, -0.2) is 17.6 Å². The Kier molecular flexibility index (Phi) is 7.96. The lowest BCUT2D eigenvalue weighted by Gasteiger charge is -2.33. The standard InChI is InChI=1S/C26H32F4/c1-3-5-19(20-11-8-17(2)9-12-20)7-4-6-18-10-13-22(23(27)14-18)21-15-24(28)26(30)25(29)16-21/h10,13-17,19-20H,3-9,11-12H2,1-2H3. The molecule has 0 radical (unpaired) electrons. The number of hydrogen-bond acceptors (Lipinski definition) is 0. The maximum absolute atomic E-state index is 14.6. The molecule has 1 aliphatic rings. The third kappa shape index (κ3) is 5.65. The lowest BCUT2D eigenvalue weighted by atomic mass is 9.73. The van der Waals surface area contributed by atoms with E-state index in [9.17, 15) is 17.6 Å². The summed E-state index contributed by atoms with van der Waals surface area (Å²) in [6, 6.07) is 6.43. The van der Waals surface area contributed by atoms with Crippen molar-refractivity contribution in [3.05, 3.63) is 59.2 Å². The second kappa shape index (κ2) is 10.5. The van der Waals surface area contributed by atoms with Crippen LogP contribution in [0.25, 0.3) is 11.1 Å². The maximum Gasteiger partial charge on any atom is 0.194 e. The van der Waals surface area contributed by atoms with E-state index < -0.39 is 23.3 Å². The van der Waals surface area contributed by atoms with Crippen molar-refractivity contribution in [1.82, 2.24) is 0 Å². The second-order valence-electron chi connectivity index (χ2n) is 9.03. The molecule has 0 aliphatic heterocycles. The number of aryl methyl sites for hydroxylation is 1. The maximum atomic E-state index is 14.6. The Hall–Kier alpha value is -1.84. The summed E-state index contributed by atoms with van der Waals surface area (Å²) in [7, 11) is 0. The predicted octanol–water partition coefficient (Wildman–Crippen LogP) is 8.48. The highest BCUT2D eigenvalue weighted by Gasteiger charge is 2.25. The van der Waals surface area contributed by atoms with E-state index in [0.29, 0.717) is 0 Å². The molecule has 0 N–H and O–H groups in total. The zero-order chi connectivity index (χ0) is 21.7. The number of hydrogen-bond donors (Lipinski definition) is 0. The highest BCUT2D eigenvalue weighted by Crippen LogP contribution is 2.37. The van der Waals surface area contributed by atoms with Crippen LogP contribution in [0.3, 0.4) is 0 Å². The molecule has 1 atom stereocenters. The highest BCUT2D eigenvalue weighted by atomic mass is 19.2. The fourth-order valence-corrected chi connectivity index (χ4v) is 4.97. The molecule has 0 nitrogen and oxygen atoms in total. The average molecular weight is 421 g/mol. The van der Waals surface area contributed by atoms with Crippen LogP contribution in [0, 0.1) is 41.0 Å². The first-order valence-electron chi connectivity index (χ1n) is 11.3. The molecule has 1 fully saturated rings. The summed E-state index contributed by atoms with van der Waals surface area (Å²) in [6.07, 6.45) is 10.7. The molecular formula is C26H32F4. The number of benzene rings is 2. The van der Waals surface area contributed by atoms with E-state index >= 15 is 0 Å². The normalized spacial score (nSPS) is 20.3. The summed E-state index contributed by atoms with van der Waals surface area (Å²) in [5, 5.41) is 0. The zero-order valence-corrected chi connectivity index (χ0v) is 18.0. The lowest BCUT2D eigenvalue weighted by Crippen LogP contribution is -2.21. The molecule has 0 saturated heterocycles. The van der Waals surface area contributed by atoms with E-state index in [1.165, 1.54) is 50.7 Å². The summed E-state index contributed by atoms with van der Waals surface area (Å²) in [5.74, 6) is -2.28. The SMILES string of the molecule is CCCC(CCCc1ccc(-c2cc(F)c(F)c(F)c2)c(F)c1)C1CCC(C)CC1. The Morgan fingerprint density at radius 1 is 0.867 bits per heavy atom. The molecule has 30 heavy (non-hydrogen) atoms.